The lowest BCUT2D eigenvalue weighted by Gasteiger charge is -2.40. The molecule has 2 aromatic rings. The molecule has 112 valence electrons. The predicted molar refractivity (Wildman–Crippen MR) is 86.9 cm³/mol. The van der Waals surface area contributed by atoms with E-state index in [0.717, 1.165) is 23.1 Å². The zero-order valence-electron chi connectivity index (χ0n) is 12.7. The fourth-order valence-corrected chi connectivity index (χ4v) is 3.30. The van der Waals surface area contributed by atoms with Crippen LogP contribution in [0.4, 0.5) is 5.82 Å². The number of benzene rings is 1. The summed E-state index contributed by atoms with van der Waals surface area (Å²) in [5, 5.41) is 15.3. The van der Waals surface area contributed by atoms with Gasteiger partial charge in [0.2, 0.25) is 0 Å². The molecule has 1 aromatic carbocycles. The summed E-state index contributed by atoms with van der Waals surface area (Å²) in [6.07, 6.45) is 5.51. The largest absolute Gasteiger partial charge is 0.508 e. The number of fused-ring (bicyclic) bond motifs is 1. The van der Waals surface area contributed by atoms with E-state index in [1.165, 1.54) is 19.3 Å². The molecule has 1 aliphatic heterocycles. The van der Waals surface area contributed by atoms with Gasteiger partial charge in [0.05, 0.1) is 0 Å². The molecule has 2 atom stereocenters. The summed E-state index contributed by atoms with van der Waals surface area (Å²) in [7, 11) is 2.01. The number of phenolic OH excluding ortho intramolecular Hbond substituents is 1. The Balaban J connectivity index is 2.07. The molecule has 1 saturated heterocycles. The Morgan fingerprint density at radius 3 is 3.00 bits per heavy atom. The van der Waals surface area contributed by atoms with Crippen molar-refractivity contribution in [2.24, 2.45) is 0 Å². The van der Waals surface area contributed by atoms with E-state index in [4.69, 9.17) is 0 Å². The van der Waals surface area contributed by atoms with Gasteiger partial charge in [-0.05, 0) is 56.8 Å². The third-order valence-corrected chi connectivity index (χ3v) is 4.58. The smallest absolute Gasteiger partial charge is 0.136 e. The molecule has 4 nitrogen and oxygen atoms in total. The van der Waals surface area contributed by atoms with Crippen LogP contribution in [0.15, 0.2) is 30.5 Å². The van der Waals surface area contributed by atoms with E-state index in [1.807, 2.05) is 31.4 Å². The van der Waals surface area contributed by atoms with Crippen molar-refractivity contribution < 1.29 is 5.11 Å². The summed E-state index contributed by atoms with van der Waals surface area (Å²) in [6.45, 7) is 3.25. The average Bonchev–Trinajstić information content (AvgIpc) is 2.53. The lowest BCUT2D eigenvalue weighted by molar-refractivity contribution is 0.381. The molecule has 1 aliphatic rings. The second-order valence-electron chi connectivity index (χ2n) is 5.87. The van der Waals surface area contributed by atoms with Crippen LogP contribution in [0.2, 0.25) is 0 Å². The first-order chi connectivity index (χ1) is 10.2. The number of hydrogen-bond donors (Lipinski definition) is 2. The van der Waals surface area contributed by atoms with Crippen molar-refractivity contribution in [3.63, 3.8) is 0 Å². The molecule has 0 radical (unpaired) electrons. The third kappa shape index (κ3) is 2.68. The second-order valence-corrected chi connectivity index (χ2v) is 5.87. The molecule has 3 rings (SSSR count). The Kier molecular flexibility index (Phi) is 3.97. The van der Waals surface area contributed by atoms with Crippen molar-refractivity contribution in [1.82, 2.24) is 10.3 Å². The minimum absolute atomic E-state index is 0.298. The monoisotopic (exact) mass is 285 g/mol. The highest BCUT2D eigenvalue weighted by Gasteiger charge is 2.28. The van der Waals surface area contributed by atoms with Crippen LogP contribution in [0.25, 0.3) is 10.8 Å². The molecule has 0 aliphatic carbocycles. The molecule has 0 saturated carbocycles. The lowest BCUT2D eigenvalue weighted by atomic mass is 9.96. The van der Waals surface area contributed by atoms with Crippen molar-refractivity contribution in [2.45, 2.75) is 38.3 Å². The first-order valence-corrected chi connectivity index (χ1v) is 7.72. The van der Waals surface area contributed by atoms with Gasteiger partial charge in [0.15, 0.2) is 0 Å². The van der Waals surface area contributed by atoms with Crippen LogP contribution in [0.1, 0.15) is 26.2 Å². The molecule has 0 amide bonds. The highest BCUT2D eigenvalue weighted by atomic mass is 16.3. The van der Waals surface area contributed by atoms with Gasteiger partial charge in [-0.1, -0.05) is 6.07 Å². The predicted octanol–water partition coefficient (Wildman–Crippen LogP) is 2.91. The maximum absolute atomic E-state index is 9.82. The molecule has 21 heavy (non-hydrogen) atoms. The molecule has 1 fully saturated rings. The fourth-order valence-electron chi connectivity index (χ4n) is 3.30. The molecule has 2 N–H and O–H groups in total. The van der Waals surface area contributed by atoms with Crippen molar-refractivity contribution in [3.8, 4) is 5.75 Å². The number of pyridine rings is 1. The topological polar surface area (TPSA) is 48.4 Å². The highest BCUT2D eigenvalue weighted by molar-refractivity contribution is 5.93. The zero-order chi connectivity index (χ0) is 14.8. The number of piperidine rings is 1. The minimum atomic E-state index is 0.298. The fraction of sp³-hybridized carbons (Fsp3) is 0.471. The Morgan fingerprint density at radius 2 is 2.19 bits per heavy atom. The number of anilines is 1. The quantitative estimate of drug-likeness (QED) is 0.910. The van der Waals surface area contributed by atoms with E-state index in [2.05, 4.69) is 22.1 Å². The molecule has 2 unspecified atom stereocenters. The van der Waals surface area contributed by atoms with Crippen LogP contribution >= 0.6 is 0 Å². The normalized spacial score (nSPS) is 20.7. The van der Waals surface area contributed by atoms with E-state index in [0.29, 0.717) is 17.8 Å². The number of aromatic hydroxyl groups is 1. The summed E-state index contributed by atoms with van der Waals surface area (Å²) in [4.78, 5) is 7.03. The van der Waals surface area contributed by atoms with Crippen LogP contribution in [-0.2, 0) is 0 Å². The Morgan fingerprint density at radius 1 is 1.33 bits per heavy atom. The zero-order valence-corrected chi connectivity index (χ0v) is 12.7. The summed E-state index contributed by atoms with van der Waals surface area (Å²) in [5.41, 5.74) is 0. The van der Waals surface area contributed by atoms with Gasteiger partial charge in [0.25, 0.3) is 0 Å². The van der Waals surface area contributed by atoms with Crippen LogP contribution < -0.4 is 10.2 Å². The van der Waals surface area contributed by atoms with Gasteiger partial charge in [0.1, 0.15) is 11.6 Å². The van der Waals surface area contributed by atoms with Gasteiger partial charge in [0, 0.05) is 30.2 Å². The van der Waals surface area contributed by atoms with Gasteiger partial charge >= 0.3 is 0 Å². The standard InChI is InChI=1S/C17H23N3O/c1-12(18-2)16-5-3-4-10-20(16)17-15-11-14(21)7-6-13(15)8-9-19-17/h6-9,11-12,16,18,21H,3-5,10H2,1-2H3. The SMILES string of the molecule is CNC(C)C1CCCCN1c1nccc2ccc(O)cc12. The summed E-state index contributed by atoms with van der Waals surface area (Å²) >= 11 is 0. The molecular formula is C17H23N3O. The number of rotatable bonds is 3. The summed E-state index contributed by atoms with van der Waals surface area (Å²) in [6, 6.07) is 8.38. The maximum atomic E-state index is 9.82. The van der Waals surface area contributed by atoms with Crippen molar-refractivity contribution >= 4 is 16.6 Å². The van der Waals surface area contributed by atoms with Gasteiger partial charge in [-0.3, -0.25) is 0 Å². The number of likely N-dealkylation sites (N-methyl/N-ethyl adjacent to an activating group) is 1. The van der Waals surface area contributed by atoms with E-state index < -0.39 is 0 Å². The van der Waals surface area contributed by atoms with Crippen molar-refractivity contribution in [2.75, 3.05) is 18.5 Å². The Hall–Kier alpha value is -1.81. The molecule has 0 spiro atoms. The van der Waals surface area contributed by atoms with Gasteiger partial charge in [-0.15, -0.1) is 0 Å². The Bertz CT molecular complexity index is 628. The molecular weight excluding hydrogens is 262 g/mol. The lowest BCUT2D eigenvalue weighted by Crippen LogP contribution is -2.50. The van der Waals surface area contributed by atoms with Gasteiger partial charge in [-0.25, -0.2) is 4.98 Å². The number of nitrogens with one attached hydrogen (secondary N) is 1. The number of hydrogen-bond acceptors (Lipinski definition) is 4. The molecule has 1 aromatic heterocycles. The van der Waals surface area contributed by atoms with E-state index >= 15 is 0 Å². The van der Waals surface area contributed by atoms with Crippen molar-refractivity contribution in [1.29, 1.82) is 0 Å². The maximum Gasteiger partial charge on any atom is 0.136 e. The second kappa shape index (κ2) is 5.90. The van der Waals surface area contributed by atoms with Gasteiger partial charge < -0.3 is 15.3 Å². The molecule has 2 heterocycles. The van der Waals surface area contributed by atoms with Crippen LogP contribution in [-0.4, -0.2) is 35.8 Å². The number of aromatic nitrogens is 1. The molecule has 0 bridgehead atoms. The first-order valence-electron chi connectivity index (χ1n) is 7.72. The minimum Gasteiger partial charge on any atom is -0.508 e. The Labute approximate surface area is 125 Å². The van der Waals surface area contributed by atoms with E-state index in [9.17, 15) is 5.11 Å². The van der Waals surface area contributed by atoms with E-state index in [1.54, 1.807) is 6.07 Å². The summed E-state index contributed by atoms with van der Waals surface area (Å²) in [5.74, 6) is 1.29. The molecule has 4 heteroatoms. The summed E-state index contributed by atoms with van der Waals surface area (Å²) < 4.78 is 0. The van der Waals surface area contributed by atoms with E-state index in [-0.39, 0.29) is 0 Å². The average molecular weight is 285 g/mol. The van der Waals surface area contributed by atoms with Crippen LogP contribution in [0.5, 0.6) is 5.75 Å². The van der Waals surface area contributed by atoms with Crippen molar-refractivity contribution in [3.05, 3.63) is 30.5 Å². The van der Waals surface area contributed by atoms with Gasteiger partial charge in [-0.2, -0.15) is 0 Å². The highest BCUT2D eigenvalue weighted by Crippen LogP contribution is 2.32. The number of nitrogens with zero attached hydrogens (tertiary/aromatic N) is 2. The van der Waals surface area contributed by atoms with Crippen LogP contribution in [0.3, 0.4) is 0 Å². The number of phenols is 1. The van der Waals surface area contributed by atoms with Crippen LogP contribution in [0, 0.1) is 0 Å². The first kappa shape index (κ1) is 14.1. The third-order valence-electron chi connectivity index (χ3n) is 4.58.